The van der Waals surface area contributed by atoms with E-state index in [-0.39, 0.29) is 5.91 Å². The fourth-order valence-corrected chi connectivity index (χ4v) is 2.43. The third kappa shape index (κ3) is 3.32. The van der Waals surface area contributed by atoms with Gasteiger partial charge in [-0.3, -0.25) is 4.79 Å². The first-order valence-corrected chi connectivity index (χ1v) is 7.09. The molecule has 0 fully saturated rings. The van der Waals surface area contributed by atoms with E-state index in [1.807, 2.05) is 38.1 Å². The molecule has 1 aromatic heterocycles. The molecule has 100 valence electrons. The van der Waals surface area contributed by atoms with Gasteiger partial charge in [0.15, 0.2) is 0 Å². The van der Waals surface area contributed by atoms with Gasteiger partial charge in [0.2, 0.25) is 0 Å². The number of carbonyl (C=O) groups excluding carboxylic acids is 1. The molecule has 1 heterocycles. The molecule has 19 heavy (non-hydrogen) atoms. The van der Waals surface area contributed by atoms with Crippen LogP contribution in [-0.2, 0) is 0 Å². The van der Waals surface area contributed by atoms with Gasteiger partial charge in [0.05, 0.1) is 6.61 Å². The van der Waals surface area contributed by atoms with E-state index in [0.717, 1.165) is 16.3 Å². The van der Waals surface area contributed by atoms with Crippen molar-refractivity contribution >= 4 is 17.2 Å². The van der Waals surface area contributed by atoms with Crippen LogP contribution in [0.15, 0.2) is 29.6 Å². The largest absolute Gasteiger partial charge is 0.494 e. The Morgan fingerprint density at radius 2 is 2.05 bits per heavy atom. The first-order chi connectivity index (χ1) is 9.24. The highest BCUT2D eigenvalue weighted by Gasteiger charge is 2.10. The number of thiazole rings is 1. The highest BCUT2D eigenvalue weighted by molar-refractivity contribution is 7.13. The van der Waals surface area contributed by atoms with Gasteiger partial charge < -0.3 is 10.1 Å². The van der Waals surface area contributed by atoms with Gasteiger partial charge in [-0.05, 0) is 38.1 Å². The Balaban J connectivity index is 2.15. The van der Waals surface area contributed by atoms with Crippen molar-refractivity contribution in [3.05, 3.63) is 35.3 Å². The van der Waals surface area contributed by atoms with Gasteiger partial charge in [-0.25, -0.2) is 4.98 Å². The fraction of sp³-hybridized carbons (Fsp3) is 0.286. The second-order valence-corrected chi connectivity index (χ2v) is 4.71. The number of hydrogen-bond acceptors (Lipinski definition) is 4. The average molecular weight is 276 g/mol. The molecule has 5 heteroatoms. The van der Waals surface area contributed by atoms with Crippen molar-refractivity contribution in [2.45, 2.75) is 13.8 Å². The van der Waals surface area contributed by atoms with Gasteiger partial charge in [-0.1, -0.05) is 0 Å². The van der Waals surface area contributed by atoms with Gasteiger partial charge >= 0.3 is 0 Å². The molecule has 0 unspecified atom stereocenters. The van der Waals surface area contributed by atoms with E-state index in [9.17, 15) is 4.79 Å². The van der Waals surface area contributed by atoms with Crippen molar-refractivity contribution in [2.75, 3.05) is 13.2 Å². The van der Waals surface area contributed by atoms with E-state index in [2.05, 4.69) is 10.3 Å². The predicted molar refractivity (Wildman–Crippen MR) is 76.7 cm³/mol. The number of hydrogen-bond donors (Lipinski definition) is 1. The lowest BCUT2D eigenvalue weighted by Gasteiger charge is -2.03. The Morgan fingerprint density at radius 1 is 1.32 bits per heavy atom. The van der Waals surface area contributed by atoms with Crippen molar-refractivity contribution in [2.24, 2.45) is 0 Å². The smallest absolute Gasteiger partial charge is 0.270 e. The van der Waals surface area contributed by atoms with E-state index < -0.39 is 0 Å². The first-order valence-electron chi connectivity index (χ1n) is 6.21. The molecular weight excluding hydrogens is 260 g/mol. The maximum atomic E-state index is 11.6. The van der Waals surface area contributed by atoms with Crippen LogP contribution in [0.3, 0.4) is 0 Å². The zero-order valence-corrected chi connectivity index (χ0v) is 11.8. The SMILES string of the molecule is CCNC(=O)c1csc(-c2ccc(OCC)cc2)n1. The van der Waals surface area contributed by atoms with E-state index in [1.54, 1.807) is 5.38 Å². The molecule has 0 aliphatic heterocycles. The highest BCUT2D eigenvalue weighted by atomic mass is 32.1. The summed E-state index contributed by atoms with van der Waals surface area (Å²) < 4.78 is 5.39. The summed E-state index contributed by atoms with van der Waals surface area (Å²) in [6.45, 7) is 5.09. The van der Waals surface area contributed by atoms with E-state index in [0.29, 0.717) is 18.8 Å². The highest BCUT2D eigenvalue weighted by Crippen LogP contribution is 2.25. The number of aromatic nitrogens is 1. The average Bonchev–Trinajstić information content (AvgIpc) is 2.90. The number of benzene rings is 1. The van der Waals surface area contributed by atoms with Crippen molar-refractivity contribution in [1.82, 2.24) is 10.3 Å². The van der Waals surface area contributed by atoms with E-state index in [1.165, 1.54) is 11.3 Å². The van der Waals surface area contributed by atoms with Gasteiger partial charge in [-0.15, -0.1) is 11.3 Å². The normalized spacial score (nSPS) is 10.2. The standard InChI is InChI=1S/C14H16N2O2S/c1-3-15-13(17)12-9-19-14(16-12)10-5-7-11(8-6-10)18-4-2/h5-9H,3-4H2,1-2H3,(H,15,17). The number of amides is 1. The summed E-state index contributed by atoms with van der Waals surface area (Å²) in [5, 5.41) is 5.35. The van der Waals surface area contributed by atoms with Crippen molar-refractivity contribution in [3.8, 4) is 16.3 Å². The van der Waals surface area contributed by atoms with Gasteiger partial charge in [-0.2, -0.15) is 0 Å². The molecule has 1 aromatic carbocycles. The monoisotopic (exact) mass is 276 g/mol. The van der Waals surface area contributed by atoms with Crippen LogP contribution in [-0.4, -0.2) is 24.0 Å². The summed E-state index contributed by atoms with van der Waals surface area (Å²) in [5.41, 5.74) is 1.46. The molecule has 1 amide bonds. The topological polar surface area (TPSA) is 51.2 Å². The Labute approximate surface area is 116 Å². The molecule has 0 aliphatic rings. The lowest BCUT2D eigenvalue weighted by atomic mass is 10.2. The van der Waals surface area contributed by atoms with Crippen molar-refractivity contribution < 1.29 is 9.53 Å². The summed E-state index contributed by atoms with van der Waals surface area (Å²) >= 11 is 1.46. The zero-order chi connectivity index (χ0) is 13.7. The van der Waals surface area contributed by atoms with Gasteiger partial charge in [0, 0.05) is 17.5 Å². The molecule has 0 atom stereocenters. The van der Waals surface area contributed by atoms with Crippen molar-refractivity contribution in [1.29, 1.82) is 0 Å². The Bertz CT molecular complexity index is 549. The zero-order valence-electron chi connectivity index (χ0n) is 11.0. The van der Waals surface area contributed by atoms with Crippen LogP contribution in [0.4, 0.5) is 0 Å². The Hall–Kier alpha value is -1.88. The minimum atomic E-state index is -0.129. The summed E-state index contributed by atoms with van der Waals surface area (Å²) in [7, 11) is 0. The van der Waals surface area contributed by atoms with Gasteiger partial charge in [0.25, 0.3) is 5.91 Å². The fourth-order valence-electron chi connectivity index (χ4n) is 1.62. The summed E-state index contributed by atoms with van der Waals surface area (Å²) in [6, 6.07) is 7.72. The lowest BCUT2D eigenvalue weighted by molar-refractivity contribution is 0.0951. The summed E-state index contributed by atoms with van der Waals surface area (Å²) in [6.07, 6.45) is 0. The molecule has 2 rings (SSSR count). The molecule has 0 radical (unpaired) electrons. The van der Waals surface area contributed by atoms with Crippen molar-refractivity contribution in [3.63, 3.8) is 0 Å². The molecule has 0 spiro atoms. The number of ether oxygens (including phenoxy) is 1. The minimum absolute atomic E-state index is 0.129. The molecule has 1 N–H and O–H groups in total. The minimum Gasteiger partial charge on any atom is -0.494 e. The van der Waals surface area contributed by atoms with Gasteiger partial charge in [0.1, 0.15) is 16.5 Å². The van der Waals surface area contributed by atoms with Crippen LogP contribution in [0.5, 0.6) is 5.75 Å². The van der Waals surface area contributed by atoms with Crippen LogP contribution in [0, 0.1) is 0 Å². The Morgan fingerprint density at radius 3 is 2.68 bits per heavy atom. The van der Waals surface area contributed by atoms with Crippen LogP contribution >= 0.6 is 11.3 Å². The van der Waals surface area contributed by atoms with E-state index >= 15 is 0 Å². The summed E-state index contributed by atoms with van der Waals surface area (Å²) in [4.78, 5) is 16.0. The molecule has 0 aliphatic carbocycles. The third-order valence-corrected chi connectivity index (χ3v) is 3.38. The quantitative estimate of drug-likeness (QED) is 0.913. The van der Waals surface area contributed by atoms with Crippen LogP contribution < -0.4 is 10.1 Å². The molecule has 0 bridgehead atoms. The Kier molecular flexibility index (Phi) is 4.52. The second kappa shape index (κ2) is 6.33. The molecule has 4 nitrogen and oxygen atoms in total. The molecular formula is C14H16N2O2S. The molecule has 0 saturated carbocycles. The predicted octanol–water partition coefficient (Wildman–Crippen LogP) is 2.96. The number of rotatable bonds is 5. The number of carbonyl (C=O) groups is 1. The van der Waals surface area contributed by atoms with Crippen LogP contribution in [0.25, 0.3) is 10.6 Å². The first kappa shape index (κ1) is 13.5. The van der Waals surface area contributed by atoms with Crippen LogP contribution in [0.2, 0.25) is 0 Å². The maximum Gasteiger partial charge on any atom is 0.270 e. The summed E-state index contributed by atoms with van der Waals surface area (Å²) in [5.74, 6) is 0.711. The number of nitrogens with zero attached hydrogens (tertiary/aromatic N) is 1. The molecule has 2 aromatic rings. The second-order valence-electron chi connectivity index (χ2n) is 3.85. The van der Waals surface area contributed by atoms with E-state index in [4.69, 9.17) is 4.74 Å². The maximum absolute atomic E-state index is 11.6. The number of nitrogens with one attached hydrogen (secondary N) is 1. The molecule has 0 saturated heterocycles. The lowest BCUT2D eigenvalue weighted by Crippen LogP contribution is -2.22. The van der Waals surface area contributed by atoms with Crippen LogP contribution in [0.1, 0.15) is 24.3 Å². The third-order valence-electron chi connectivity index (χ3n) is 2.49.